The molecule has 6 nitrogen and oxygen atoms in total. The summed E-state index contributed by atoms with van der Waals surface area (Å²) in [5.74, 6) is -0.158. The molecule has 0 aliphatic carbocycles. The Balaban J connectivity index is 0.00000264. The highest BCUT2D eigenvalue weighted by Gasteiger charge is 2.32. The third-order valence-corrected chi connectivity index (χ3v) is 4.51. The van der Waals surface area contributed by atoms with E-state index in [1.54, 1.807) is 19.4 Å². The summed E-state index contributed by atoms with van der Waals surface area (Å²) in [7, 11) is 1.69. The van der Waals surface area contributed by atoms with Crippen molar-refractivity contribution in [3.63, 3.8) is 0 Å². The largest absolute Gasteiger partial charge is 0.384 e. The molecule has 130 valence electrons. The van der Waals surface area contributed by atoms with E-state index in [9.17, 15) is 9.59 Å². The van der Waals surface area contributed by atoms with Gasteiger partial charge >= 0.3 is 0 Å². The van der Waals surface area contributed by atoms with Gasteiger partial charge in [0.05, 0.1) is 6.61 Å². The Kier molecular flexibility index (Phi) is 8.25. The molecule has 0 aromatic carbocycles. The molecule has 0 saturated carbocycles. The molecule has 1 amide bonds. The summed E-state index contributed by atoms with van der Waals surface area (Å²) in [4.78, 5) is 23.8. The molecule has 0 unspecified atom stereocenters. The average Bonchev–Trinajstić information content (AvgIpc) is 2.50. The van der Waals surface area contributed by atoms with Gasteiger partial charge in [-0.1, -0.05) is 0 Å². The van der Waals surface area contributed by atoms with Crippen molar-refractivity contribution in [1.29, 1.82) is 0 Å². The van der Waals surface area contributed by atoms with Gasteiger partial charge in [0.25, 0.3) is 5.56 Å². The molecule has 1 aromatic heterocycles. The van der Waals surface area contributed by atoms with Gasteiger partial charge < -0.3 is 19.9 Å². The second kappa shape index (κ2) is 9.42. The minimum Gasteiger partial charge on any atom is -0.384 e. The maximum absolute atomic E-state index is 12.1. The van der Waals surface area contributed by atoms with Crippen LogP contribution in [0, 0.1) is 5.41 Å². The number of rotatable bonds is 6. The van der Waals surface area contributed by atoms with Crippen LogP contribution in [-0.2, 0) is 16.1 Å². The SMILES string of the molecule is COCC1(CNC(=O)Cn2cc(Br)ccc2=O)CCNCC1.Cl. The van der Waals surface area contributed by atoms with E-state index in [0.29, 0.717) is 13.2 Å². The predicted octanol–water partition coefficient (Wildman–Crippen LogP) is 1.16. The van der Waals surface area contributed by atoms with Crippen molar-refractivity contribution in [1.82, 2.24) is 15.2 Å². The number of carbonyl (C=O) groups is 1. The van der Waals surface area contributed by atoms with Crippen molar-refractivity contribution < 1.29 is 9.53 Å². The van der Waals surface area contributed by atoms with Gasteiger partial charge in [-0.3, -0.25) is 9.59 Å². The van der Waals surface area contributed by atoms with Gasteiger partial charge in [-0.2, -0.15) is 0 Å². The monoisotopic (exact) mass is 407 g/mol. The number of halogens is 2. The van der Waals surface area contributed by atoms with Crippen molar-refractivity contribution >= 4 is 34.2 Å². The number of pyridine rings is 1. The van der Waals surface area contributed by atoms with Crippen LogP contribution >= 0.6 is 28.3 Å². The Labute approximate surface area is 150 Å². The normalized spacial score (nSPS) is 16.4. The van der Waals surface area contributed by atoms with Crippen molar-refractivity contribution in [2.24, 2.45) is 5.41 Å². The first-order valence-corrected chi connectivity index (χ1v) is 8.16. The van der Waals surface area contributed by atoms with Crippen LogP contribution in [0.2, 0.25) is 0 Å². The molecular formula is C15H23BrClN3O3. The second-order valence-electron chi connectivity index (χ2n) is 5.77. The molecule has 2 N–H and O–H groups in total. The van der Waals surface area contributed by atoms with E-state index >= 15 is 0 Å². The van der Waals surface area contributed by atoms with Crippen LogP contribution < -0.4 is 16.2 Å². The summed E-state index contributed by atoms with van der Waals surface area (Å²) < 4.78 is 7.50. The Morgan fingerprint density at radius 3 is 2.78 bits per heavy atom. The molecular weight excluding hydrogens is 386 g/mol. The quantitative estimate of drug-likeness (QED) is 0.741. The number of hydrogen-bond donors (Lipinski definition) is 2. The number of nitrogens with one attached hydrogen (secondary N) is 2. The Morgan fingerprint density at radius 2 is 2.13 bits per heavy atom. The van der Waals surface area contributed by atoms with E-state index in [-0.39, 0.29) is 35.8 Å². The fraction of sp³-hybridized carbons (Fsp3) is 0.600. The highest BCUT2D eigenvalue weighted by molar-refractivity contribution is 9.10. The lowest BCUT2D eigenvalue weighted by Crippen LogP contribution is -2.48. The Morgan fingerprint density at radius 1 is 1.43 bits per heavy atom. The molecule has 0 spiro atoms. The number of methoxy groups -OCH3 is 1. The van der Waals surface area contributed by atoms with Crippen LogP contribution in [0.15, 0.2) is 27.6 Å². The van der Waals surface area contributed by atoms with E-state index in [1.807, 2.05) is 0 Å². The van der Waals surface area contributed by atoms with Crippen molar-refractivity contribution in [3.8, 4) is 0 Å². The molecule has 1 aromatic rings. The maximum Gasteiger partial charge on any atom is 0.251 e. The molecule has 1 aliphatic heterocycles. The van der Waals surface area contributed by atoms with E-state index in [2.05, 4.69) is 26.6 Å². The Bertz CT molecular complexity index is 568. The average molecular weight is 409 g/mol. The zero-order valence-electron chi connectivity index (χ0n) is 13.1. The highest BCUT2D eigenvalue weighted by Crippen LogP contribution is 2.28. The summed E-state index contributed by atoms with van der Waals surface area (Å²) in [5, 5.41) is 6.27. The van der Waals surface area contributed by atoms with Gasteiger partial charge in [0.2, 0.25) is 5.91 Å². The first-order chi connectivity index (χ1) is 10.5. The second-order valence-corrected chi connectivity index (χ2v) is 6.69. The van der Waals surface area contributed by atoms with Crippen molar-refractivity contribution in [3.05, 3.63) is 33.2 Å². The lowest BCUT2D eigenvalue weighted by molar-refractivity contribution is -0.122. The van der Waals surface area contributed by atoms with Gasteiger partial charge in [-0.05, 0) is 47.9 Å². The van der Waals surface area contributed by atoms with Crippen LogP contribution in [0.25, 0.3) is 0 Å². The highest BCUT2D eigenvalue weighted by atomic mass is 79.9. The van der Waals surface area contributed by atoms with E-state index in [0.717, 1.165) is 30.4 Å². The number of hydrogen-bond acceptors (Lipinski definition) is 4. The molecule has 0 bridgehead atoms. The lowest BCUT2D eigenvalue weighted by atomic mass is 9.79. The van der Waals surface area contributed by atoms with Crippen LogP contribution in [0.4, 0.5) is 0 Å². The topological polar surface area (TPSA) is 72.4 Å². The van der Waals surface area contributed by atoms with E-state index < -0.39 is 0 Å². The molecule has 2 rings (SSSR count). The van der Waals surface area contributed by atoms with Gasteiger partial charge in [0, 0.05) is 35.8 Å². The van der Waals surface area contributed by atoms with Crippen LogP contribution in [0.5, 0.6) is 0 Å². The fourth-order valence-electron chi connectivity index (χ4n) is 2.76. The first-order valence-electron chi connectivity index (χ1n) is 7.37. The molecule has 8 heteroatoms. The van der Waals surface area contributed by atoms with Gasteiger partial charge in [-0.15, -0.1) is 12.4 Å². The number of ether oxygens (including phenoxy) is 1. The molecule has 2 heterocycles. The minimum absolute atomic E-state index is 0. The Hall–Kier alpha value is -0.890. The van der Waals surface area contributed by atoms with Gasteiger partial charge in [0.1, 0.15) is 6.54 Å². The third-order valence-electron chi connectivity index (χ3n) is 4.04. The molecule has 1 aliphatic rings. The summed E-state index contributed by atoms with van der Waals surface area (Å²) in [6, 6.07) is 3.11. The van der Waals surface area contributed by atoms with Gasteiger partial charge in [-0.25, -0.2) is 0 Å². The standard InChI is InChI=1S/C15H22BrN3O3.ClH/c1-22-11-15(4-6-17-7-5-15)10-18-13(20)9-19-8-12(16)2-3-14(19)21;/h2-3,8,17H,4-7,9-11H2,1H3,(H,18,20);1H. The van der Waals surface area contributed by atoms with Crippen molar-refractivity contribution in [2.75, 3.05) is 33.4 Å². The maximum atomic E-state index is 12.1. The molecule has 23 heavy (non-hydrogen) atoms. The first kappa shape index (κ1) is 20.2. The van der Waals surface area contributed by atoms with Gasteiger partial charge in [0.15, 0.2) is 0 Å². The molecule has 1 saturated heterocycles. The zero-order chi connectivity index (χ0) is 16.0. The fourth-order valence-corrected chi connectivity index (χ4v) is 3.14. The summed E-state index contributed by atoms with van der Waals surface area (Å²) in [5.41, 5.74) is -0.204. The number of nitrogens with zero attached hydrogens (tertiary/aromatic N) is 1. The number of piperidine rings is 1. The lowest BCUT2D eigenvalue weighted by Gasteiger charge is -2.37. The van der Waals surface area contributed by atoms with E-state index in [1.165, 1.54) is 10.6 Å². The van der Waals surface area contributed by atoms with E-state index in [4.69, 9.17) is 4.74 Å². The number of carbonyl (C=O) groups excluding carboxylic acids is 1. The number of aromatic nitrogens is 1. The van der Waals surface area contributed by atoms with Crippen LogP contribution in [0.3, 0.4) is 0 Å². The zero-order valence-corrected chi connectivity index (χ0v) is 15.5. The third kappa shape index (κ3) is 5.91. The molecule has 0 radical (unpaired) electrons. The summed E-state index contributed by atoms with van der Waals surface area (Å²) in [6.45, 7) is 3.10. The molecule has 1 fully saturated rings. The van der Waals surface area contributed by atoms with Crippen molar-refractivity contribution in [2.45, 2.75) is 19.4 Å². The molecule has 0 atom stereocenters. The smallest absolute Gasteiger partial charge is 0.251 e. The summed E-state index contributed by atoms with van der Waals surface area (Å²) in [6.07, 6.45) is 3.56. The van der Waals surface area contributed by atoms with Crippen LogP contribution in [-0.4, -0.2) is 43.8 Å². The number of amides is 1. The minimum atomic E-state index is -0.188. The predicted molar refractivity (Wildman–Crippen MR) is 95.1 cm³/mol. The van der Waals surface area contributed by atoms with Crippen LogP contribution in [0.1, 0.15) is 12.8 Å². The summed E-state index contributed by atoms with van der Waals surface area (Å²) >= 11 is 3.30.